The van der Waals surface area contributed by atoms with Gasteiger partial charge in [0.05, 0.1) is 0 Å². The van der Waals surface area contributed by atoms with Gasteiger partial charge in [-0.3, -0.25) is 9.59 Å². The van der Waals surface area contributed by atoms with E-state index in [1.54, 1.807) is 54.6 Å². The molecule has 0 spiro atoms. The van der Waals surface area contributed by atoms with Crippen LogP contribution in [0.2, 0.25) is 0 Å². The van der Waals surface area contributed by atoms with Crippen molar-refractivity contribution in [2.75, 3.05) is 5.32 Å². The first-order chi connectivity index (χ1) is 10.2. The van der Waals surface area contributed by atoms with Gasteiger partial charge in [-0.25, -0.2) is 0 Å². The fraction of sp³-hybridized carbons (Fsp3) is 0. The van der Waals surface area contributed by atoms with Gasteiger partial charge in [0.2, 0.25) is 11.6 Å². The summed E-state index contributed by atoms with van der Waals surface area (Å²) in [5, 5.41) is 12.2. The molecule has 3 rings (SSSR count). The van der Waals surface area contributed by atoms with Crippen LogP contribution in [0.25, 0.3) is 0 Å². The maximum atomic E-state index is 12.4. The fourth-order valence-corrected chi connectivity index (χ4v) is 2.25. The average Bonchev–Trinajstić information content (AvgIpc) is 2.86. The minimum absolute atomic E-state index is 0.0487. The number of ketones is 2. The molecule has 1 aliphatic heterocycles. The first kappa shape index (κ1) is 12.8. The number of hydrogen-bond donors (Lipinski definition) is 1. The number of fused-ring (bicyclic) bond motifs is 1. The molecule has 100 valence electrons. The second-order valence-electron chi connectivity index (χ2n) is 4.56. The number of hydrogen-bond acceptors (Lipinski definition) is 4. The second kappa shape index (κ2) is 5.06. The van der Waals surface area contributed by atoms with Crippen LogP contribution in [0.5, 0.6) is 0 Å². The lowest BCUT2D eigenvalue weighted by Crippen LogP contribution is -2.12. The van der Waals surface area contributed by atoms with Gasteiger partial charge in [-0.15, -0.1) is 0 Å². The van der Waals surface area contributed by atoms with Crippen LogP contribution < -0.4 is 5.32 Å². The van der Waals surface area contributed by atoms with Crippen molar-refractivity contribution in [2.24, 2.45) is 0 Å². The Kier molecular flexibility index (Phi) is 3.09. The van der Waals surface area contributed by atoms with E-state index in [0.29, 0.717) is 16.8 Å². The highest BCUT2D eigenvalue weighted by atomic mass is 16.1. The van der Waals surface area contributed by atoms with E-state index in [0.717, 1.165) is 0 Å². The van der Waals surface area contributed by atoms with E-state index in [-0.39, 0.29) is 17.1 Å². The summed E-state index contributed by atoms with van der Waals surface area (Å²) in [5.74, 6) is -0.784. The van der Waals surface area contributed by atoms with Crippen molar-refractivity contribution in [2.45, 2.75) is 0 Å². The highest BCUT2D eigenvalue weighted by molar-refractivity contribution is 6.25. The molecule has 2 aromatic rings. The number of carbonyl (C=O) groups is 2. The summed E-state index contributed by atoms with van der Waals surface area (Å²) in [5.41, 5.74) is 1.36. The van der Waals surface area contributed by atoms with E-state index >= 15 is 0 Å². The van der Waals surface area contributed by atoms with Gasteiger partial charge in [-0.05, 0) is 12.1 Å². The fourth-order valence-electron chi connectivity index (χ4n) is 2.25. The Morgan fingerprint density at radius 3 is 2.33 bits per heavy atom. The van der Waals surface area contributed by atoms with Crippen LogP contribution in [-0.4, -0.2) is 11.6 Å². The normalized spacial score (nSPS) is 14.9. The van der Waals surface area contributed by atoms with Gasteiger partial charge >= 0.3 is 0 Å². The molecular formula is C17H10N2O2. The molecule has 1 N–H and O–H groups in total. The molecule has 1 heterocycles. The van der Waals surface area contributed by atoms with Gasteiger partial charge in [-0.2, -0.15) is 5.26 Å². The Balaban J connectivity index is 2.08. The van der Waals surface area contributed by atoms with Crippen LogP contribution in [0.4, 0.5) is 5.69 Å². The van der Waals surface area contributed by atoms with Crippen molar-refractivity contribution >= 4 is 17.3 Å². The Bertz CT molecular complexity index is 814. The van der Waals surface area contributed by atoms with Crippen LogP contribution in [-0.2, 0) is 0 Å². The van der Waals surface area contributed by atoms with Crippen molar-refractivity contribution < 1.29 is 9.59 Å². The molecular weight excluding hydrogens is 264 g/mol. The molecule has 0 bridgehead atoms. The molecule has 0 atom stereocenters. The number of para-hydroxylation sites is 1. The van der Waals surface area contributed by atoms with E-state index < -0.39 is 5.78 Å². The second-order valence-corrected chi connectivity index (χ2v) is 4.56. The van der Waals surface area contributed by atoms with E-state index in [2.05, 4.69) is 5.32 Å². The Labute approximate surface area is 121 Å². The number of Topliss-reactive ketones (excluding diaryl/α,β-unsaturated/α-hetero) is 2. The minimum atomic E-state index is -0.457. The summed E-state index contributed by atoms with van der Waals surface area (Å²) in [6, 6.07) is 17.2. The predicted molar refractivity (Wildman–Crippen MR) is 77.8 cm³/mol. The third-order valence-corrected chi connectivity index (χ3v) is 3.28. The number of nitriles is 1. The number of nitrogens with one attached hydrogen (secondary N) is 1. The number of nitrogens with zero attached hydrogens (tertiary/aromatic N) is 1. The summed E-state index contributed by atoms with van der Waals surface area (Å²) in [7, 11) is 0. The van der Waals surface area contributed by atoms with Crippen LogP contribution in [0.15, 0.2) is 65.9 Å². The summed E-state index contributed by atoms with van der Waals surface area (Å²) in [4.78, 5) is 24.7. The van der Waals surface area contributed by atoms with Crippen molar-refractivity contribution in [3.63, 3.8) is 0 Å². The molecule has 0 radical (unpaired) electrons. The van der Waals surface area contributed by atoms with E-state index in [1.807, 2.05) is 6.07 Å². The van der Waals surface area contributed by atoms with Crippen molar-refractivity contribution in [3.8, 4) is 6.07 Å². The lowest BCUT2D eigenvalue weighted by atomic mass is 10.0. The van der Waals surface area contributed by atoms with E-state index in [9.17, 15) is 14.9 Å². The topological polar surface area (TPSA) is 70.0 Å². The third-order valence-electron chi connectivity index (χ3n) is 3.28. The minimum Gasteiger partial charge on any atom is -0.351 e. The zero-order valence-electron chi connectivity index (χ0n) is 11.0. The maximum Gasteiger partial charge on any atom is 0.212 e. The van der Waals surface area contributed by atoms with E-state index in [4.69, 9.17) is 0 Å². The van der Waals surface area contributed by atoms with Crippen LogP contribution in [0.1, 0.15) is 20.7 Å². The predicted octanol–water partition coefficient (Wildman–Crippen LogP) is 2.96. The maximum absolute atomic E-state index is 12.4. The highest BCUT2D eigenvalue weighted by Gasteiger charge is 2.30. The molecule has 0 fully saturated rings. The van der Waals surface area contributed by atoms with Gasteiger partial charge in [0, 0.05) is 16.8 Å². The zero-order valence-corrected chi connectivity index (χ0v) is 11.0. The summed E-state index contributed by atoms with van der Waals surface area (Å²) < 4.78 is 0. The number of carbonyl (C=O) groups excluding carboxylic acids is 2. The molecule has 0 aliphatic carbocycles. The van der Waals surface area contributed by atoms with Gasteiger partial charge in [0.15, 0.2) is 0 Å². The third kappa shape index (κ3) is 2.11. The molecule has 2 aromatic carbocycles. The summed E-state index contributed by atoms with van der Waals surface area (Å²) >= 11 is 0. The van der Waals surface area contributed by atoms with Crippen molar-refractivity contribution in [1.82, 2.24) is 0 Å². The zero-order chi connectivity index (χ0) is 14.8. The molecule has 4 nitrogen and oxygen atoms in total. The van der Waals surface area contributed by atoms with Crippen LogP contribution in [0, 0.1) is 11.3 Å². The average molecular weight is 274 g/mol. The number of benzene rings is 2. The van der Waals surface area contributed by atoms with Crippen molar-refractivity contribution in [1.29, 1.82) is 5.26 Å². The largest absolute Gasteiger partial charge is 0.351 e. The highest BCUT2D eigenvalue weighted by Crippen LogP contribution is 2.29. The Morgan fingerprint density at radius 2 is 1.67 bits per heavy atom. The smallest absolute Gasteiger partial charge is 0.212 e. The molecule has 0 saturated heterocycles. The standard InChI is InChI=1S/C17H10N2O2/c18-10-13(16(20)11-6-2-1-3-7-11)15-17(21)12-8-4-5-9-14(12)19-15/h1-9,19H. The Hall–Kier alpha value is -3.19. The summed E-state index contributed by atoms with van der Waals surface area (Å²) in [6.45, 7) is 0. The van der Waals surface area contributed by atoms with Crippen LogP contribution >= 0.6 is 0 Å². The van der Waals surface area contributed by atoms with Crippen molar-refractivity contribution in [3.05, 3.63) is 77.0 Å². The first-order valence-corrected chi connectivity index (χ1v) is 6.37. The molecule has 0 amide bonds. The molecule has 21 heavy (non-hydrogen) atoms. The van der Waals surface area contributed by atoms with Gasteiger partial charge < -0.3 is 5.32 Å². The van der Waals surface area contributed by atoms with Gasteiger partial charge in [0.1, 0.15) is 17.3 Å². The molecule has 0 saturated carbocycles. The quantitative estimate of drug-likeness (QED) is 0.519. The molecule has 0 aromatic heterocycles. The molecule has 0 unspecified atom stereocenters. The number of rotatable bonds is 2. The summed E-state index contributed by atoms with van der Waals surface area (Å²) in [6.07, 6.45) is 0. The SMILES string of the molecule is N#CC(C(=O)c1ccccc1)=C1Nc2ccccc2C1=O. The number of allylic oxidation sites excluding steroid dienone is 2. The van der Waals surface area contributed by atoms with Gasteiger partial charge in [-0.1, -0.05) is 42.5 Å². The van der Waals surface area contributed by atoms with Crippen LogP contribution in [0.3, 0.4) is 0 Å². The lowest BCUT2D eigenvalue weighted by Gasteiger charge is -2.03. The molecule has 1 aliphatic rings. The monoisotopic (exact) mass is 274 g/mol. The molecule has 4 heteroatoms. The van der Waals surface area contributed by atoms with Gasteiger partial charge in [0.25, 0.3) is 0 Å². The first-order valence-electron chi connectivity index (χ1n) is 6.37. The number of anilines is 1. The Morgan fingerprint density at radius 1 is 1.00 bits per heavy atom. The van der Waals surface area contributed by atoms with E-state index in [1.165, 1.54) is 0 Å². The lowest BCUT2D eigenvalue weighted by molar-refractivity contribution is 0.101.